The fraction of sp³-hybridized carbons (Fsp3) is 0.286. The van der Waals surface area contributed by atoms with Crippen molar-refractivity contribution >= 4 is 67.4 Å². The second-order valence-corrected chi connectivity index (χ2v) is 9.77. The van der Waals surface area contributed by atoms with Gasteiger partial charge in [0.15, 0.2) is 34.4 Å². The molecule has 2 N–H and O–H groups in total. The predicted octanol–water partition coefficient (Wildman–Crippen LogP) is 4.63. The molecular weight excluding hydrogens is 607 g/mol. The highest BCUT2D eigenvalue weighted by atomic mass is 127. The van der Waals surface area contributed by atoms with Crippen LogP contribution in [0.5, 0.6) is 17.2 Å². The van der Waals surface area contributed by atoms with Gasteiger partial charge in [-0.25, -0.2) is 4.79 Å². The fourth-order valence-corrected chi connectivity index (χ4v) is 5.57. The topological polar surface area (TPSA) is 125 Å². The number of benzene rings is 3. The van der Waals surface area contributed by atoms with Crippen LogP contribution in [0.15, 0.2) is 46.1 Å². The average Bonchev–Trinajstić information content (AvgIpc) is 2.92. The number of halogens is 1. The molecule has 1 aromatic heterocycles. The van der Waals surface area contributed by atoms with Crippen molar-refractivity contribution < 1.29 is 36.7 Å². The highest BCUT2D eigenvalue weighted by molar-refractivity contribution is 14.1. The summed E-state index contributed by atoms with van der Waals surface area (Å²) in [5.41, 5.74) is -1.46. The van der Waals surface area contributed by atoms with E-state index in [0.29, 0.717) is 49.9 Å². The zero-order valence-corrected chi connectivity index (χ0v) is 23.2. The van der Waals surface area contributed by atoms with Gasteiger partial charge in [-0.05, 0) is 49.2 Å². The van der Waals surface area contributed by atoms with Crippen LogP contribution in [0.4, 0.5) is 0 Å². The third-order valence-corrected chi connectivity index (χ3v) is 7.62. The molecule has 0 aliphatic carbocycles. The molecule has 4 atom stereocenters. The number of ether oxygens (including phenoxy) is 3. The van der Waals surface area contributed by atoms with Crippen LogP contribution in [0.2, 0.25) is 0 Å². The Balaban J connectivity index is 1.99. The van der Waals surface area contributed by atoms with E-state index < -0.39 is 35.3 Å². The summed E-state index contributed by atoms with van der Waals surface area (Å²) in [6.45, 7) is 6.54. The maximum Gasteiger partial charge on any atom is 0.344 e. The zero-order chi connectivity index (χ0) is 27.5. The molecule has 4 unspecified atom stereocenters. The van der Waals surface area contributed by atoms with E-state index in [-0.39, 0.29) is 11.0 Å². The Morgan fingerprint density at radius 1 is 1.03 bits per heavy atom. The standard InChI is InChI=1S/C28H25IO9/c1-6-13-9-16-20(18(10-13)34-4)15-11-19(35-5)22-17(38-29)8-7-14(21(22)23(15)37-27(16)32)24-26(31)28(3,33)25(30)12(2)36-24/h6-12,24,26,31,33H,1H2,2-5H3. The summed E-state index contributed by atoms with van der Waals surface area (Å²) in [5.74, 6) is 0.587. The number of carbonyl (C=O) groups is 1. The lowest BCUT2D eigenvalue weighted by atomic mass is 9.81. The number of carbonyl (C=O) groups excluding carboxylic acids is 1. The smallest absolute Gasteiger partial charge is 0.344 e. The van der Waals surface area contributed by atoms with Crippen LogP contribution in [-0.2, 0) is 9.53 Å². The molecule has 9 nitrogen and oxygen atoms in total. The summed E-state index contributed by atoms with van der Waals surface area (Å²) in [7, 11) is 3.00. The van der Waals surface area contributed by atoms with Gasteiger partial charge in [-0.3, -0.25) is 4.79 Å². The third-order valence-electron chi connectivity index (χ3n) is 7.15. The lowest BCUT2D eigenvalue weighted by molar-refractivity contribution is -0.204. The number of aliphatic hydroxyl groups excluding tert-OH is 1. The number of Topliss-reactive ketones (excluding diaryl/α,β-unsaturated/α-hetero) is 1. The van der Waals surface area contributed by atoms with Crippen LogP contribution < -0.4 is 18.2 Å². The number of hydrogen-bond donors (Lipinski definition) is 2. The molecule has 38 heavy (non-hydrogen) atoms. The first-order valence-electron chi connectivity index (χ1n) is 11.7. The quantitative estimate of drug-likeness (QED) is 0.184. The summed E-state index contributed by atoms with van der Waals surface area (Å²) in [4.78, 5) is 25.9. The van der Waals surface area contributed by atoms with Gasteiger partial charge in [0.05, 0.1) is 25.0 Å². The highest BCUT2D eigenvalue weighted by Gasteiger charge is 2.51. The Morgan fingerprint density at radius 3 is 2.34 bits per heavy atom. The number of aliphatic hydroxyl groups is 2. The minimum Gasteiger partial charge on any atom is -0.496 e. The second kappa shape index (κ2) is 9.53. The molecule has 0 bridgehead atoms. The third kappa shape index (κ3) is 3.77. The van der Waals surface area contributed by atoms with Gasteiger partial charge in [0, 0.05) is 16.2 Å². The van der Waals surface area contributed by atoms with Gasteiger partial charge in [0.1, 0.15) is 41.1 Å². The first-order valence-corrected chi connectivity index (χ1v) is 12.6. The van der Waals surface area contributed by atoms with Gasteiger partial charge in [0.2, 0.25) is 0 Å². The Bertz CT molecular complexity index is 1690. The lowest BCUT2D eigenvalue weighted by Gasteiger charge is -2.41. The van der Waals surface area contributed by atoms with Crippen molar-refractivity contribution in [1.29, 1.82) is 0 Å². The Hall–Kier alpha value is -3.19. The molecule has 0 spiro atoms. The number of ketones is 1. The summed E-state index contributed by atoms with van der Waals surface area (Å²) < 4.78 is 28.9. The number of hydrogen-bond acceptors (Lipinski definition) is 9. The molecule has 4 aromatic rings. The van der Waals surface area contributed by atoms with Gasteiger partial charge in [0.25, 0.3) is 0 Å². The second-order valence-electron chi connectivity index (χ2n) is 9.33. The van der Waals surface area contributed by atoms with Crippen LogP contribution in [-0.4, -0.2) is 48.0 Å². The lowest BCUT2D eigenvalue weighted by Crippen LogP contribution is -2.58. The zero-order valence-electron chi connectivity index (χ0n) is 21.0. The van der Waals surface area contributed by atoms with Crippen molar-refractivity contribution in [1.82, 2.24) is 0 Å². The average molecular weight is 632 g/mol. The van der Waals surface area contributed by atoms with Crippen molar-refractivity contribution in [2.24, 2.45) is 0 Å². The van der Waals surface area contributed by atoms with Crippen molar-refractivity contribution in [3.63, 3.8) is 0 Å². The van der Waals surface area contributed by atoms with E-state index >= 15 is 0 Å². The van der Waals surface area contributed by atoms with Crippen molar-refractivity contribution in [2.75, 3.05) is 14.2 Å². The molecule has 0 amide bonds. The van der Waals surface area contributed by atoms with E-state index in [2.05, 4.69) is 6.58 Å². The van der Waals surface area contributed by atoms with Crippen LogP contribution in [0, 0.1) is 0 Å². The van der Waals surface area contributed by atoms with Crippen LogP contribution in [0.3, 0.4) is 0 Å². The van der Waals surface area contributed by atoms with Crippen molar-refractivity contribution in [3.05, 3.63) is 58.5 Å². The number of methoxy groups -OCH3 is 2. The molecule has 1 fully saturated rings. The first kappa shape index (κ1) is 26.4. The number of fused-ring (bicyclic) bond motifs is 5. The molecule has 10 heteroatoms. The van der Waals surface area contributed by atoms with Gasteiger partial charge < -0.3 is 31.9 Å². The summed E-state index contributed by atoms with van der Waals surface area (Å²) >= 11 is 1.74. The molecule has 0 saturated carbocycles. The molecular formula is C28H25IO9. The molecule has 1 saturated heterocycles. The molecule has 0 radical (unpaired) electrons. The van der Waals surface area contributed by atoms with E-state index in [4.69, 9.17) is 21.7 Å². The Morgan fingerprint density at radius 2 is 1.71 bits per heavy atom. The highest BCUT2D eigenvalue weighted by Crippen LogP contribution is 2.48. The van der Waals surface area contributed by atoms with Crippen LogP contribution in [0.25, 0.3) is 38.6 Å². The fourth-order valence-electron chi connectivity index (χ4n) is 5.20. The van der Waals surface area contributed by atoms with Crippen molar-refractivity contribution in [3.8, 4) is 17.2 Å². The Labute approximate surface area is 231 Å². The van der Waals surface area contributed by atoms with Crippen LogP contribution >= 0.6 is 23.0 Å². The van der Waals surface area contributed by atoms with E-state index in [1.807, 2.05) is 0 Å². The first-order chi connectivity index (χ1) is 18.1. The maximum atomic E-state index is 13.3. The maximum absolute atomic E-state index is 13.3. The molecule has 198 valence electrons. The van der Waals surface area contributed by atoms with Crippen molar-refractivity contribution in [2.45, 2.75) is 37.8 Å². The Kier molecular flexibility index (Phi) is 6.62. The van der Waals surface area contributed by atoms with E-state index in [9.17, 15) is 19.8 Å². The number of rotatable bonds is 5. The predicted molar refractivity (Wildman–Crippen MR) is 150 cm³/mol. The van der Waals surface area contributed by atoms with E-state index in [1.165, 1.54) is 28.1 Å². The summed E-state index contributed by atoms with van der Waals surface area (Å²) in [6.07, 6.45) is -2.16. The summed E-state index contributed by atoms with van der Waals surface area (Å²) in [6, 6.07) is 8.44. The minimum absolute atomic E-state index is 0.174. The van der Waals surface area contributed by atoms with E-state index in [0.717, 1.165) is 0 Å². The largest absolute Gasteiger partial charge is 0.496 e. The molecule has 2 heterocycles. The molecule has 3 aromatic carbocycles. The van der Waals surface area contributed by atoms with Gasteiger partial charge in [-0.15, -0.1) is 0 Å². The monoisotopic (exact) mass is 632 g/mol. The molecule has 1 aliphatic rings. The van der Waals surface area contributed by atoms with Gasteiger partial charge in [-0.2, -0.15) is 0 Å². The molecule has 1 aliphatic heterocycles. The molecule has 5 rings (SSSR count). The van der Waals surface area contributed by atoms with E-state index in [1.54, 1.807) is 59.4 Å². The normalized spacial score (nSPS) is 23.7. The minimum atomic E-state index is -2.07. The van der Waals surface area contributed by atoms with Crippen LogP contribution in [0.1, 0.15) is 31.1 Å². The summed E-state index contributed by atoms with van der Waals surface area (Å²) in [5, 5.41) is 24.1. The SMILES string of the molecule is C=Cc1cc(OC)c2c(c1)c(=O)oc1c2cc(OC)c2c(OI)ccc(C3OC(C)C(=O)C(C)(O)C3O)c21. The van der Waals surface area contributed by atoms with Gasteiger partial charge >= 0.3 is 5.63 Å². The van der Waals surface area contributed by atoms with Gasteiger partial charge in [-0.1, -0.05) is 18.7 Å².